The molecule has 10 heteroatoms. The Morgan fingerprint density at radius 3 is 2.68 bits per heavy atom. The van der Waals surface area contributed by atoms with Crippen LogP contribution in [0.15, 0.2) is 0 Å². The normalized spacial score (nSPS) is 23.5. The third kappa shape index (κ3) is 5.34. The first-order valence-corrected chi connectivity index (χ1v) is 11.2. The maximum absolute atomic E-state index is 12.5. The lowest BCUT2D eigenvalue weighted by atomic mass is 10.2. The van der Waals surface area contributed by atoms with Gasteiger partial charge in [-0.1, -0.05) is 11.8 Å². The Morgan fingerprint density at radius 2 is 2.16 bits per heavy atom. The summed E-state index contributed by atoms with van der Waals surface area (Å²) in [5.41, 5.74) is 0. The lowest BCUT2D eigenvalue weighted by Crippen LogP contribution is -2.46. The summed E-state index contributed by atoms with van der Waals surface area (Å²) >= 11 is 1.22. The monoisotopic (exact) mass is 392 g/mol. The molecule has 2 fully saturated rings. The zero-order valence-electron chi connectivity index (χ0n) is 14.5. The van der Waals surface area contributed by atoms with Gasteiger partial charge in [-0.3, -0.25) is 14.4 Å². The van der Waals surface area contributed by atoms with Crippen molar-refractivity contribution in [1.82, 2.24) is 9.80 Å². The van der Waals surface area contributed by atoms with E-state index in [9.17, 15) is 22.8 Å². The molecule has 0 bridgehead atoms. The molecule has 25 heavy (non-hydrogen) atoms. The Morgan fingerprint density at radius 1 is 1.44 bits per heavy atom. The Balaban J connectivity index is 1.83. The topological polar surface area (TPSA) is 101 Å². The molecule has 0 spiro atoms. The van der Waals surface area contributed by atoms with E-state index in [-0.39, 0.29) is 41.7 Å². The van der Waals surface area contributed by atoms with Crippen molar-refractivity contribution in [2.75, 3.05) is 36.9 Å². The van der Waals surface area contributed by atoms with Crippen LogP contribution < -0.4 is 0 Å². The van der Waals surface area contributed by atoms with Crippen molar-refractivity contribution in [2.45, 2.75) is 38.8 Å². The molecule has 0 N–H and O–H groups in total. The molecule has 0 aromatic carbocycles. The average molecular weight is 392 g/mol. The van der Waals surface area contributed by atoms with E-state index >= 15 is 0 Å². The number of hydrogen-bond donors (Lipinski definition) is 0. The largest absolute Gasteiger partial charge is 0.452 e. The number of ether oxygens (including phenoxy) is 1. The zero-order valence-corrected chi connectivity index (χ0v) is 16.1. The van der Waals surface area contributed by atoms with Crippen LogP contribution in [0.4, 0.5) is 4.79 Å². The smallest absolute Gasteiger partial charge is 0.308 e. The summed E-state index contributed by atoms with van der Waals surface area (Å²) in [5, 5.41) is -0.0449. The molecule has 2 aliphatic heterocycles. The van der Waals surface area contributed by atoms with Gasteiger partial charge in [-0.25, -0.2) is 8.42 Å². The van der Waals surface area contributed by atoms with Crippen LogP contribution in [0.25, 0.3) is 0 Å². The minimum absolute atomic E-state index is 0.0356. The number of sulfone groups is 1. The molecule has 0 aromatic rings. The fraction of sp³-hybridized carbons (Fsp3) is 0.800. The second-order valence-corrected chi connectivity index (χ2v) is 9.44. The SMILES string of the molecule is CCN(C(=O)C(C)OC(=O)CCN1CCSC1=O)C1CCS(=O)(=O)C1. The van der Waals surface area contributed by atoms with Gasteiger partial charge in [-0.15, -0.1) is 0 Å². The lowest BCUT2D eigenvalue weighted by molar-refractivity contribution is -0.160. The Kier molecular flexibility index (Phi) is 6.72. The molecule has 2 heterocycles. The second kappa shape index (κ2) is 8.39. The zero-order chi connectivity index (χ0) is 18.6. The number of amides is 2. The van der Waals surface area contributed by atoms with Crippen molar-refractivity contribution in [3.8, 4) is 0 Å². The van der Waals surface area contributed by atoms with Crippen LogP contribution in [0.2, 0.25) is 0 Å². The van der Waals surface area contributed by atoms with E-state index in [1.165, 1.54) is 23.6 Å². The van der Waals surface area contributed by atoms with Crippen LogP contribution in [-0.2, 0) is 24.2 Å². The molecule has 2 amide bonds. The van der Waals surface area contributed by atoms with E-state index in [2.05, 4.69) is 0 Å². The van der Waals surface area contributed by atoms with E-state index in [0.717, 1.165) is 5.75 Å². The molecular formula is C15H24N2O6S2. The van der Waals surface area contributed by atoms with Crippen LogP contribution in [0, 0.1) is 0 Å². The molecule has 142 valence electrons. The summed E-state index contributed by atoms with van der Waals surface area (Å²) in [7, 11) is -3.10. The fourth-order valence-electron chi connectivity index (χ4n) is 3.01. The first-order valence-electron chi connectivity index (χ1n) is 8.35. The standard InChI is InChI=1S/C15H24N2O6S2/c1-3-17(12-5-9-25(21,22)10-12)14(19)11(2)23-13(18)4-6-16-7-8-24-15(16)20/h11-12H,3-10H2,1-2H3. The summed E-state index contributed by atoms with van der Waals surface area (Å²) < 4.78 is 28.4. The Labute approximate surface area is 152 Å². The molecule has 0 aromatic heterocycles. The van der Waals surface area contributed by atoms with E-state index in [0.29, 0.717) is 19.5 Å². The Hall–Kier alpha value is -1.29. The molecule has 2 saturated heterocycles. The first-order chi connectivity index (χ1) is 11.7. The minimum atomic E-state index is -3.10. The summed E-state index contributed by atoms with van der Waals surface area (Å²) in [6.45, 7) is 4.52. The maximum atomic E-state index is 12.5. The molecule has 0 saturated carbocycles. The molecule has 0 aliphatic carbocycles. The lowest BCUT2D eigenvalue weighted by Gasteiger charge is -2.29. The molecule has 2 unspecified atom stereocenters. The number of hydrogen-bond acceptors (Lipinski definition) is 7. The van der Waals surface area contributed by atoms with Gasteiger partial charge in [0, 0.05) is 31.4 Å². The highest BCUT2D eigenvalue weighted by Gasteiger charge is 2.36. The average Bonchev–Trinajstić information content (AvgIpc) is 3.11. The molecule has 0 radical (unpaired) electrons. The summed E-state index contributed by atoms with van der Waals surface area (Å²) in [4.78, 5) is 39.0. The highest BCUT2D eigenvalue weighted by atomic mass is 32.2. The van der Waals surface area contributed by atoms with Gasteiger partial charge >= 0.3 is 5.97 Å². The van der Waals surface area contributed by atoms with Gasteiger partial charge in [-0.2, -0.15) is 0 Å². The number of rotatable bonds is 7. The molecule has 8 nitrogen and oxygen atoms in total. The number of likely N-dealkylation sites (N-methyl/N-ethyl adjacent to an activating group) is 1. The van der Waals surface area contributed by atoms with Gasteiger partial charge in [-0.05, 0) is 20.3 Å². The first kappa shape index (κ1) is 20.0. The second-order valence-electron chi connectivity index (χ2n) is 6.16. The number of esters is 1. The van der Waals surface area contributed by atoms with E-state index in [1.807, 2.05) is 0 Å². The number of nitrogens with zero attached hydrogens (tertiary/aromatic N) is 2. The van der Waals surface area contributed by atoms with Crippen LogP contribution in [-0.4, -0.2) is 84.4 Å². The van der Waals surface area contributed by atoms with Crippen molar-refractivity contribution < 1.29 is 27.5 Å². The highest BCUT2D eigenvalue weighted by molar-refractivity contribution is 8.13. The van der Waals surface area contributed by atoms with E-state index in [1.54, 1.807) is 11.8 Å². The van der Waals surface area contributed by atoms with Crippen LogP contribution in [0.5, 0.6) is 0 Å². The quantitative estimate of drug-likeness (QED) is 0.582. The third-order valence-electron chi connectivity index (χ3n) is 4.36. The van der Waals surface area contributed by atoms with Gasteiger partial charge < -0.3 is 14.5 Å². The van der Waals surface area contributed by atoms with Crippen molar-refractivity contribution in [3.63, 3.8) is 0 Å². The number of carbonyl (C=O) groups is 3. The van der Waals surface area contributed by atoms with Gasteiger partial charge in [0.1, 0.15) is 0 Å². The summed E-state index contributed by atoms with van der Waals surface area (Å²) in [6.07, 6.45) is -0.523. The van der Waals surface area contributed by atoms with E-state index < -0.39 is 21.9 Å². The van der Waals surface area contributed by atoms with Gasteiger partial charge in [0.15, 0.2) is 15.9 Å². The predicted octanol–water partition coefficient (Wildman–Crippen LogP) is 0.513. The molecule has 2 rings (SSSR count). The third-order valence-corrected chi connectivity index (χ3v) is 7.00. The highest BCUT2D eigenvalue weighted by Crippen LogP contribution is 2.20. The number of thioether (sulfide) groups is 1. The van der Waals surface area contributed by atoms with Gasteiger partial charge in [0.25, 0.3) is 11.1 Å². The summed E-state index contributed by atoms with van der Waals surface area (Å²) in [5.74, 6) is -0.163. The van der Waals surface area contributed by atoms with Crippen molar-refractivity contribution in [2.24, 2.45) is 0 Å². The van der Waals surface area contributed by atoms with Crippen molar-refractivity contribution in [1.29, 1.82) is 0 Å². The van der Waals surface area contributed by atoms with Gasteiger partial charge in [0.05, 0.1) is 17.9 Å². The van der Waals surface area contributed by atoms with Crippen LogP contribution >= 0.6 is 11.8 Å². The van der Waals surface area contributed by atoms with Crippen LogP contribution in [0.3, 0.4) is 0 Å². The Bertz CT molecular complexity index is 636. The predicted molar refractivity (Wildman–Crippen MR) is 94.0 cm³/mol. The van der Waals surface area contributed by atoms with Crippen LogP contribution in [0.1, 0.15) is 26.7 Å². The molecular weight excluding hydrogens is 368 g/mol. The summed E-state index contributed by atoms with van der Waals surface area (Å²) in [6, 6.07) is -0.358. The molecule has 2 aliphatic rings. The fourth-order valence-corrected chi connectivity index (χ4v) is 5.59. The maximum Gasteiger partial charge on any atom is 0.308 e. The van der Waals surface area contributed by atoms with E-state index in [4.69, 9.17) is 4.74 Å². The molecule has 2 atom stereocenters. The van der Waals surface area contributed by atoms with Crippen molar-refractivity contribution in [3.05, 3.63) is 0 Å². The van der Waals surface area contributed by atoms with Gasteiger partial charge in [0.2, 0.25) is 0 Å². The van der Waals surface area contributed by atoms with Crippen molar-refractivity contribution >= 4 is 38.7 Å². The number of carbonyl (C=O) groups excluding carboxylic acids is 3. The minimum Gasteiger partial charge on any atom is -0.452 e.